The van der Waals surface area contributed by atoms with Crippen LogP contribution in [-0.2, 0) is 9.59 Å². The molecule has 2 aromatic rings. The van der Waals surface area contributed by atoms with E-state index in [0.717, 1.165) is 10.0 Å². The Kier molecular flexibility index (Phi) is 5.94. The van der Waals surface area contributed by atoms with Gasteiger partial charge in [0.15, 0.2) is 6.61 Å². The normalized spacial score (nSPS) is 10.5. The van der Waals surface area contributed by atoms with Gasteiger partial charge in [0, 0.05) is 22.3 Å². The molecule has 2 N–H and O–H groups in total. The second kappa shape index (κ2) is 8.14. The van der Waals surface area contributed by atoms with Gasteiger partial charge in [-0.3, -0.25) is 4.79 Å². The number of carbonyl (C=O) groups excluding carboxylic acids is 1. The molecule has 0 aliphatic rings. The van der Waals surface area contributed by atoms with Gasteiger partial charge in [-0.25, -0.2) is 4.79 Å². The molecule has 118 valence electrons. The lowest BCUT2D eigenvalue weighted by Crippen LogP contribution is -2.10. The van der Waals surface area contributed by atoms with E-state index in [1.54, 1.807) is 30.3 Å². The van der Waals surface area contributed by atoms with Gasteiger partial charge < -0.3 is 15.2 Å². The number of halogens is 1. The number of aliphatic carboxylic acids is 1. The predicted octanol–water partition coefficient (Wildman–Crippen LogP) is 3.56. The molecule has 0 saturated heterocycles. The Morgan fingerprint density at radius 2 is 1.91 bits per heavy atom. The highest BCUT2D eigenvalue weighted by atomic mass is 79.9. The highest BCUT2D eigenvalue weighted by Crippen LogP contribution is 2.17. The van der Waals surface area contributed by atoms with Crippen LogP contribution in [0.25, 0.3) is 6.08 Å². The van der Waals surface area contributed by atoms with Gasteiger partial charge in [0.1, 0.15) is 5.75 Å². The molecule has 0 aliphatic carbocycles. The van der Waals surface area contributed by atoms with E-state index in [1.165, 1.54) is 6.08 Å². The maximum absolute atomic E-state index is 11.9. The number of rotatable bonds is 6. The molecule has 0 radical (unpaired) electrons. The first kappa shape index (κ1) is 16.8. The van der Waals surface area contributed by atoms with Gasteiger partial charge in [-0.05, 0) is 35.9 Å². The summed E-state index contributed by atoms with van der Waals surface area (Å²) in [4.78, 5) is 22.4. The van der Waals surface area contributed by atoms with Crippen LogP contribution in [0.1, 0.15) is 5.56 Å². The zero-order valence-electron chi connectivity index (χ0n) is 12.0. The first-order chi connectivity index (χ1) is 11.0. The van der Waals surface area contributed by atoms with E-state index in [1.807, 2.05) is 24.3 Å². The van der Waals surface area contributed by atoms with Gasteiger partial charge in [0.05, 0.1) is 0 Å². The highest BCUT2D eigenvalue weighted by molar-refractivity contribution is 9.10. The van der Waals surface area contributed by atoms with Crippen molar-refractivity contribution in [2.75, 3.05) is 11.9 Å². The van der Waals surface area contributed by atoms with Crippen LogP contribution in [0, 0.1) is 0 Å². The molecule has 0 aromatic heterocycles. The largest absolute Gasteiger partial charge is 0.482 e. The number of amides is 1. The highest BCUT2D eigenvalue weighted by Gasteiger charge is 2.02. The standard InChI is InChI=1S/C17H14BrNO4/c18-13-7-4-12(5-8-13)6-9-16(20)19-14-2-1-3-15(10-14)23-11-17(21)22/h1-10H,11H2,(H,19,20)(H,21,22)/b9-6+. The molecular weight excluding hydrogens is 362 g/mol. The van der Waals surface area contributed by atoms with Crippen molar-refractivity contribution in [3.63, 3.8) is 0 Å². The molecule has 1 amide bonds. The predicted molar refractivity (Wildman–Crippen MR) is 91.4 cm³/mol. The number of carbonyl (C=O) groups is 2. The van der Waals surface area contributed by atoms with Crippen LogP contribution in [0.15, 0.2) is 59.1 Å². The van der Waals surface area contributed by atoms with E-state index >= 15 is 0 Å². The van der Waals surface area contributed by atoms with Crippen LogP contribution < -0.4 is 10.1 Å². The Balaban J connectivity index is 1.95. The summed E-state index contributed by atoms with van der Waals surface area (Å²) in [6, 6.07) is 14.1. The molecule has 0 unspecified atom stereocenters. The lowest BCUT2D eigenvalue weighted by molar-refractivity contribution is -0.139. The molecule has 0 spiro atoms. The minimum atomic E-state index is -1.06. The molecule has 0 heterocycles. The minimum absolute atomic E-state index is 0.289. The fraction of sp³-hybridized carbons (Fsp3) is 0.0588. The van der Waals surface area contributed by atoms with Crippen molar-refractivity contribution in [1.29, 1.82) is 0 Å². The molecule has 0 bridgehead atoms. The Morgan fingerprint density at radius 1 is 1.17 bits per heavy atom. The fourth-order valence-electron chi connectivity index (χ4n) is 1.74. The first-order valence-electron chi connectivity index (χ1n) is 6.72. The summed E-state index contributed by atoms with van der Waals surface area (Å²) >= 11 is 3.35. The van der Waals surface area contributed by atoms with E-state index in [-0.39, 0.29) is 5.91 Å². The van der Waals surface area contributed by atoms with Crippen LogP contribution in [0.4, 0.5) is 5.69 Å². The van der Waals surface area contributed by atoms with Crippen molar-refractivity contribution in [2.24, 2.45) is 0 Å². The molecule has 0 aliphatic heterocycles. The number of ether oxygens (including phenoxy) is 1. The number of benzene rings is 2. The lowest BCUT2D eigenvalue weighted by Gasteiger charge is -2.06. The van der Waals surface area contributed by atoms with E-state index < -0.39 is 12.6 Å². The summed E-state index contributed by atoms with van der Waals surface area (Å²) < 4.78 is 6.03. The molecule has 2 aromatic carbocycles. The summed E-state index contributed by atoms with van der Waals surface area (Å²) in [6.45, 7) is -0.430. The third kappa shape index (κ3) is 5.96. The van der Waals surface area contributed by atoms with Crippen LogP contribution in [0.5, 0.6) is 5.75 Å². The van der Waals surface area contributed by atoms with Gasteiger partial charge in [0.25, 0.3) is 0 Å². The Labute approximate surface area is 141 Å². The SMILES string of the molecule is O=C(O)COc1cccc(NC(=O)/C=C/c2ccc(Br)cc2)c1. The van der Waals surface area contributed by atoms with Gasteiger partial charge >= 0.3 is 5.97 Å². The second-order valence-corrected chi connectivity index (χ2v) is 5.50. The number of carboxylic acid groups (broad SMARTS) is 1. The average molecular weight is 376 g/mol. The zero-order valence-corrected chi connectivity index (χ0v) is 13.6. The number of anilines is 1. The van der Waals surface area contributed by atoms with Crippen LogP contribution in [0.3, 0.4) is 0 Å². The van der Waals surface area contributed by atoms with Crippen molar-refractivity contribution < 1.29 is 19.4 Å². The zero-order chi connectivity index (χ0) is 16.7. The monoisotopic (exact) mass is 375 g/mol. The third-order valence-electron chi connectivity index (χ3n) is 2.76. The fourth-order valence-corrected chi connectivity index (χ4v) is 2.00. The summed E-state index contributed by atoms with van der Waals surface area (Å²) in [7, 11) is 0. The van der Waals surface area contributed by atoms with Crippen molar-refractivity contribution in [3.05, 3.63) is 64.6 Å². The Bertz CT molecular complexity index is 726. The number of hydrogen-bond donors (Lipinski definition) is 2. The molecule has 0 atom stereocenters. The van der Waals surface area contributed by atoms with Crippen molar-refractivity contribution >= 4 is 39.6 Å². The molecule has 0 fully saturated rings. The molecular formula is C17H14BrNO4. The first-order valence-corrected chi connectivity index (χ1v) is 7.51. The van der Waals surface area contributed by atoms with E-state index in [2.05, 4.69) is 21.2 Å². The van der Waals surface area contributed by atoms with Crippen LogP contribution in [0.2, 0.25) is 0 Å². The summed E-state index contributed by atoms with van der Waals surface area (Å²) in [5.41, 5.74) is 1.43. The van der Waals surface area contributed by atoms with Crippen LogP contribution in [-0.4, -0.2) is 23.6 Å². The van der Waals surface area contributed by atoms with Crippen molar-refractivity contribution in [1.82, 2.24) is 0 Å². The van der Waals surface area contributed by atoms with Crippen molar-refractivity contribution in [3.8, 4) is 5.75 Å². The molecule has 2 rings (SSSR count). The topological polar surface area (TPSA) is 75.6 Å². The van der Waals surface area contributed by atoms with Crippen LogP contribution >= 0.6 is 15.9 Å². The Morgan fingerprint density at radius 3 is 2.61 bits per heavy atom. The quantitative estimate of drug-likeness (QED) is 0.756. The van der Waals surface area contributed by atoms with Gasteiger partial charge in [-0.2, -0.15) is 0 Å². The van der Waals surface area contributed by atoms with E-state index in [0.29, 0.717) is 11.4 Å². The maximum atomic E-state index is 11.9. The lowest BCUT2D eigenvalue weighted by atomic mass is 10.2. The molecule has 6 heteroatoms. The second-order valence-electron chi connectivity index (χ2n) is 4.58. The summed E-state index contributed by atoms with van der Waals surface area (Å²) in [5, 5.41) is 11.3. The van der Waals surface area contributed by atoms with Gasteiger partial charge in [-0.15, -0.1) is 0 Å². The third-order valence-corrected chi connectivity index (χ3v) is 3.29. The summed E-state index contributed by atoms with van der Waals surface area (Å²) in [5.74, 6) is -0.970. The molecule has 23 heavy (non-hydrogen) atoms. The molecule has 0 saturated carbocycles. The van der Waals surface area contributed by atoms with Gasteiger partial charge in [0.2, 0.25) is 5.91 Å². The number of nitrogens with one attached hydrogen (secondary N) is 1. The van der Waals surface area contributed by atoms with E-state index in [4.69, 9.17) is 9.84 Å². The summed E-state index contributed by atoms with van der Waals surface area (Å²) in [6.07, 6.45) is 3.13. The van der Waals surface area contributed by atoms with Gasteiger partial charge in [-0.1, -0.05) is 34.1 Å². The number of carboxylic acids is 1. The average Bonchev–Trinajstić information content (AvgIpc) is 2.53. The number of hydrogen-bond acceptors (Lipinski definition) is 3. The Hall–Kier alpha value is -2.60. The minimum Gasteiger partial charge on any atom is -0.482 e. The molecule has 5 nitrogen and oxygen atoms in total. The smallest absolute Gasteiger partial charge is 0.341 e. The van der Waals surface area contributed by atoms with E-state index in [9.17, 15) is 9.59 Å². The van der Waals surface area contributed by atoms with Crippen molar-refractivity contribution in [2.45, 2.75) is 0 Å². The maximum Gasteiger partial charge on any atom is 0.341 e.